The Morgan fingerprint density at radius 1 is 1.73 bits per heavy atom. The number of nitrogens with two attached hydrogens (primary N) is 1. The molecule has 0 aliphatic heterocycles. The van der Waals surface area contributed by atoms with Crippen molar-refractivity contribution in [2.75, 3.05) is 18.1 Å². The van der Waals surface area contributed by atoms with Gasteiger partial charge in [0.2, 0.25) is 5.91 Å². The van der Waals surface area contributed by atoms with Crippen LogP contribution in [0.4, 0.5) is 0 Å². The molecule has 3 nitrogen and oxygen atoms in total. The molecule has 11 heavy (non-hydrogen) atoms. The van der Waals surface area contributed by atoms with E-state index in [1.807, 2.05) is 6.92 Å². The van der Waals surface area contributed by atoms with E-state index in [0.29, 0.717) is 0 Å². The molecular formula is C7H16N2OS. The van der Waals surface area contributed by atoms with Crippen molar-refractivity contribution in [3.63, 3.8) is 0 Å². The number of amides is 1. The molecule has 66 valence electrons. The molecule has 0 rings (SSSR count). The van der Waals surface area contributed by atoms with Gasteiger partial charge in [-0.2, -0.15) is 11.8 Å². The molecule has 0 radical (unpaired) electrons. The van der Waals surface area contributed by atoms with Crippen LogP contribution >= 0.6 is 11.8 Å². The standard InChI is InChI=1S/C7H16N2OS/c1-6(8)5-11-4-3-9-7(2)10/h6H,3-5,8H2,1-2H3,(H,9,10). The van der Waals surface area contributed by atoms with E-state index in [2.05, 4.69) is 5.32 Å². The molecule has 0 aromatic carbocycles. The first-order valence-electron chi connectivity index (χ1n) is 3.70. The van der Waals surface area contributed by atoms with Crippen LogP contribution in [-0.2, 0) is 4.79 Å². The molecule has 3 N–H and O–H groups in total. The van der Waals surface area contributed by atoms with Crippen molar-refractivity contribution < 1.29 is 4.79 Å². The van der Waals surface area contributed by atoms with E-state index in [1.165, 1.54) is 6.92 Å². The van der Waals surface area contributed by atoms with Crippen LogP contribution in [-0.4, -0.2) is 30.0 Å². The molecule has 0 aromatic heterocycles. The first-order chi connectivity index (χ1) is 5.13. The zero-order chi connectivity index (χ0) is 8.69. The van der Waals surface area contributed by atoms with Crippen molar-refractivity contribution in [1.29, 1.82) is 0 Å². The summed E-state index contributed by atoms with van der Waals surface area (Å²) in [6, 6.07) is 0.248. The quantitative estimate of drug-likeness (QED) is 0.588. The molecule has 0 aliphatic carbocycles. The second kappa shape index (κ2) is 6.49. The van der Waals surface area contributed by atoms with Gasteiger partial charge in [-0.3, -0.25) is 4.79 Å². The van der Waals surface area contributed by atoms with Gasteiger partial charge in [-0.25, -0.2) is 0 Å². The van der Waals surface area contributed by atoms with Crippen LogP contribution in [0.25, 0.3) is 0 Å². The highest BCUT2D eigenvalue weighted by Gasteiger charge is 1.94. The van der Waals surface area contributed by atoms with E-state index < -0.39 is 0 Å². The molecule has 0 saturated heterocycles. The molecule has 0 spiro atoms. The Kier molecular flexibility index (Phi) is 6.36. The molecule has 0 bridgehead atoms. The summed E-state index contributed by atoms with van der Waals surface area (Å²) in [6.07, 6.45) is 0. The van der Waals surface area contributed by atoms with Gasteiger partial charge in [0.25, 0.3) is 0 Å². The van der Waals surface area contributed by atoms with Gasteiger partial charge >= 0.3 is 0 Å². The topological polar surface area (TPSA) is 55.1 Å². The summed E-state index contributed by atoms with van der Waals surface area (Å²) in [7, 11) is 0. The molecule has 1 amide bonds. The SMILES string of the molecule is CC(=O)NCCSCC(C)N. The van der Waals surface area contributed by atoms with Crippen LogP contribution in [0.2, 0.25) is 0 Å². The lowest BCUT2D eigenvalue weighted by Gasteiger charge is -2.04. The maximum Gasteiger partial charge on any atom is 0.216 e. The Bertz CT molecular complexity index is 117. The summed E-state index contributed by atoms with van der Waals surface area (Å²) in [5.41, 5.74) is 5.53. The van der Waals surface area contributed by atoms with E-state index >= 15 is 0 Å². The zero-order valence-corrected chi connectivity index (χ0v) is 7.91. The predicted octanol–water partition coefficient (Wildman–Crippen LogP) is 0.203. The third-order valence-corrected chi connectivity index (χ3v) is 2.26. The Labute approximate surface area is 72.1 Å². The first-order valence-corrected chi connectivity index (χ1v) is 4.86. The first kappa shape index (κ1) is 10.8. The van der Waals surface area contributed by atoms with Crippen molar-refractivity contribution in [3.05, 3.63) is 0 Å². The summed E-state index contributed by atoms with van der Waals surface area (Å²) < 4.78 is 0. The normalized spacial score (nSPS) is 12.6. The van der Waals surface area contributed by atoms with Gasteiger partial charge < -0.3 is 11.1 Å². The minimum atomic E-state index is 0.0337. The largest absolute Gasteiger partial charge is 0.356 e. The monoisotopic (exact) mass is 176 g/mol. The fourth-order valence-corrected chi connectivity index (χ4v) is 1.35. The lowest BCUT2D eigenvalue weighted by Crippen LogP contribution is -2.24. The predicted molar refractivity (Wildman–Crippen MR) is 49.7 cm³/mol. The lowest BCUT2D eigenvalue weighted by atomic mass is 10.4. The molecule has 1 unspecified atom stereocenters. The summed E-state index contributed by atoms with van der Waals surface area (Å²) >= 11 is 1.76. The number of thioether (sulfide) groups is 1. The highest BCUT2D eigenvalue weighted by Crippen LogP contribution is 1.98. The Balaban J connectivity index is 2.97. The van der Waals surface area contributed by atoms with Crippen molar-refractivity contribution in [1.82, 2.24) is 5.32 Å². The van der Waals surface area contributed by atoms with Crippen molar-refractivity contribution >= 4 is 17.7 Å². The number of hydrogen-bond acceptors (Lipinski definition) is 3. The molecule has 0 heterocycles. The molecule has 0 fully saturated rings. The number of carbonyl (C=O) groups excluding carboxylic acids is 1. The Morgan fingerprint density at radius 2 is 2.36 bits per heavy atom. The van der Waals surface area contributed by atoms with Gasteiger partial charge in [0.05, 0.1) is 0 Å². The average Bonchev–Trinajstić information content (AvgIpc) is 1.85. The van der Waals surface area contributed by atoms with Crippen LogP contribution in [0, 0.1) is 0 Å². The number of nitrogens with one attached hydrogen (secondary N) is 1. The van der Waals surface area contributed by atoms with Gasteiger partial charge in [0.1, 0.15) is 0 Å². The van der Waals surface area contributed by atoms with E-state index in [1.54, 1.807) is 11.8 Å². The minimum absolute atomic E-state index is 0.0337. The molecule has 0 aliphatic rings. The van der Waals surface area contributed by atoms with E-state index in [0.717, 1.165) is 18.1 Å². The van der Waals surface area contributed by atoms with Crippen LogP contribution in [0.1, 0.15) is 13.8 Å². The van der Waals surface area contributed by atoms with Gasteiger partial charge in [-0.15, -0.1) is 0 Å². The summed E-state index contributed by atoms with van der Waals surface area (Å²) in [5, 5.41) is 2.72. The van der Waals surface area contributed by atoms with Crippen LogP contribution < -0.4 is 11.1 Å². The maximum atomic E-state index is 10.4. The number of hydrogen-bond donors (Lipinski definition) is 2. The van der Waals surface area contributed by atoms with Gasteiger partial charge in [0.15, 0.2) is 0 Å². The second-order valence-electron chi connectivity index (χ2n) is 2.54. The van der Waals surface area contributed by atoms with Gasteiger partial charge in [-0.05, 0) is 6.92 Å². The molecule has 0 saturated carbocycles. The highest BCUT2D eigenvalue weighted by molar-refractivity contribution is 7.99. The molecule has 1 atom stereocenters. The highest BCUT2D eigenvalue weighted by atomic mass is 32.2. The van der Waals surface area contributed by atoms with E-state index in [9.17, 15) is 4.79 Å². The zero-order valence-electron chi connectivity index (χ0n) is 7.09. The van der Waals surface area contributed by atoms with Crippen molar-refractivity contribution in [3.8, 4) is 0 Å². The minimum Gasteiger partial charge on any atom is -0.356 e. The fourth-order valence-electron chi connectivity index (χ4n) is 0.568. The maximum absolute atomic E-state index is 10.4. The van der Waals surface area contributed by atoms with Crippen LogP contribution in [0.3, 0.4) is 0 Å². The molecule has 0 aromatic rings. The van der Waals surface area contributed by atoms with E-state index in [-0.39, 0.29) is 11.9 Å². The summed E-state index contributed by atoms with van der Waals surface area (Å²) in [6.45, 7) is 4.24. The van der Waals surface area contributed by atoms with Gasteiger partial charge in [0, 0.05) is 31.0 Å². The fraction of sp³-hybridized carbons (Fsp3) is 0.857. The molecule has 4 heteroatoms. The Hall–Kier alpha value is -0.220. The van der Waals surface area contributed by atoms with Gasteiger partial charge in [-0.1, -0.05) is 0 Å². The second-order valence-corrected chi connectivity index (χ2v) is 3.68. The van der Waals surface area contributed by atoms with Crippen molar-refractivity contribution in [2.24, 2.45) is 5.73 Å². The third kappa shape index (κ3) is 9.78. The lowest BCUT2D eigenvalue weighted by molar-refractivity contribution is -0.118. The smallest absolute Gasteiger partial charge is 0.216 e. The summed E-state index contributed by atoms with van der Waals surface area (Å²) in [5.74, 6) is 1.94. The average molecular weight is 176 g/mol. The van der Waals surface area contributed by atoms with Crippen molar-refractivity contribution in [2.45, 2.75) is 19.9 Å². The Morgan fingerprint density at radius 3 is 2.82 bits per heavy atom. The number of rotatable bonds is 5. The third-order valence-electron chi connectivity index (χ3n) is 1.00. The van der Waals surface area contributed by atoms with Crippen LogP contribution in [0.5, 0.6) is 0 Å². The summed E-state index contributed by atoms with van der Waals surface area (Å²) in [4.78, 5) is 10.4. The number of carbonyl (C=O) groups is 1. The van der Waals surface area contributed by atoms with E-state index in [4.69, 9.17) is 5.73 Å². The molecular weight excluding hydrogens is 160 g/mol. The van der Waals surface area contributed by atoms with Crippen LogP contribution in [0.15, 0.2) is 0 Å².